The van der Waals surface area contributed by atoms with Gasteiger partial charge in [0.1, 0.15) is 0 Å². The number of carbonyl (C=O) groups is 1. The smallest absolute Gasteiger partial charge is 0.222 e. The largest absolute Gasteiger partial charge is 0.380 e. The van der Waals surface area contributed by atoms with E-state index < -0.39 is 0 Å². The van der Waals surface area contributed by atoms with Gasteiger partial charge in [-0.1, -0.05) is 24.3 Å². The lowest BCUT2D eigenvalue weighted by atomic mass is 10.1. The summed E-state index contributed by atoms with van der Waals surface area (Å²) in [7, 11) is 3.22. The summed E-state index contributed by atoms with van der Waals surface area (Å²) in [5.41, 5.74) is 7.63. The van der Waals surface area contributed by atoms with Gasteiger partial charge in [-0.2, -0.15) is 0 Å². The molecule has 0 saturated carbocycles. The van der Waals surface area contributed by atoms with E-state index in [0.717, 1.165) is 11.1 Å². The molecule has 0 heterocycles. The molecule has 0 aliphatic rings. The maximum Gasteiger partial charge on any atom is 0.222 e. The number of rotatable bonds is 8. The van der Waals surface area contributed by atoms with Gasteiger partial charge in [-0.15, -0.1) is 0 Å². The van der Waals surface area contributed by atoms with Crippen LogP contribution in [-0.2, 0) is 27.4 Å². The van der Waals surface area contributed by atoms with E-state index in [2.05, 4.69) is 5.32 Å². The van der Waals surface area contributed by atoms with Crippen LogP contribution in [0.4, 0.5) is 0 Å². The first-order valence-corrected chi connectivity index (χ1v) is 6.26. The van der Waals surface area contributed by atoms with Gasteiger partial charge in [0.25, 0.3) is 0 Å². The van der Waals surface area contributed by atoms with Crippen molar-refractivity contribution in [2.24, 2.45) is 5.73 Å². The van der Waals surface area contributed by atoms with Crippen molar-refractivity contribution in [2.75, 3.05) is 20.8 Å². The van der Waals surface area contributed by atoms with Gasteiger partial charge in [-0.25, -0.2) is 0 Å². The fourth-order valence-electron chi connectivity index (χ4n) is 1.66. The molecule has 1 aromatic carbocycles. The average Bonchev–Trinajstić information content (AvgIpc) is 2.44. The fourth-order valence-corrected chi connectivity index (χ4v) is 1.66. The molecular weight excluding hydrogens is 244 g/mol. The van der Waals surface area contributed by atoms with Gasteiger partial charge in [0.05, 0.1) is 19.1 Å². The lowest BCUT2D eigenvalue weighted by Crippen LogP contribution is -2.31. The minimum Gasteiger partial charge on any atom is -0.380 e. The number of amides is 1. The molecule has 1 rings (SSSR count). The molecule has 1 aromatic rings. The number of carbonyl (C=O) groups excluding carboxylic acids is 1. The molecule has 0 spiro atoms. The van der Waals surface area contributed by atoms with Crippen LogP contribution in [0.25, 0.3) is 0 Å². The van der Waals surface area contributed by atoms with E-state index >= 15 is 0 Å². The zero-order chi connectivity index (χ0) is 14.1. The van der Waals surface area contributed by atoms with Crippen LogP contribution in [0.3, 0.4) is 0 Å². The van der Waals surface area contributed by atoms with E-state index in [1.165, 1.54) is 0 Å². The second-order valence-corrected chi connectivity index (χ2v) is 4.32. The van der Waals surface area contributed by atoms with Crippen molar-refractivity contribution in [3.63, 3.8) is 0 Å². The predicted octanol–water partition coefficient (Wildman–Crippen LogP) is 0.813. The van der Waals surface area contributed by atoms with Crippen molar-refractivity contribution in [1.29, 1.82) is 0 Å². The van der Waals surface area contributed by atoms with E-state index in [1.54, 1.807) is 14.2 Å². The lowest BCUT2D eigenvalue weighted by molar-refractivity contribution is -0.123. The van der Waals surface area contributed by atoms with Crippen LogP contribution in [0.2, 0.25) is 0 Å². The number of nitrogens with two attached hydrogens (primary N) is 1. The van der Waals surface area contributed by atoms with Gasteiger partial charge in [0.15, 0.2) is 0 Å². The highest BCUT2D eigenvalue weighted by Gasteiger charge is 2.10. The quantitative estimate of drug-likeness (QED) is 0.730. The lowest BCUT2D eigenvalue weighted by Gasteiger charge is -2.12. The molecule has 5 heteroatoms. The molecule has 0 bridgehead atoms. The number of methoxy groups -OCH3 is 2. The van der Waals surface area contributed by atoms with Crippen LogP contribution >= 0.6 is 0 Å². The number of ether oxygens (including phenoxy) is 2. The highest BCUT2D eigenvalue weighted by atomic mass is 16.5. The summed E-state index contributed by atoms with van der Waals surface area (Å²) < 4.78 is 10.1. The highest BCUT2D eigenvalue weighted by molar-refractivity contribution is 5.76. The molecule has 0 fully saturated rings. The van der Waals surface area contributed by atoms with Gasteiger partial charge in [-0.3, -0.25) is 4.79 Å². The van der Waals surface area contributed by atoms with E-state index in [4.69, 9.17) is 15.2 Å². The molecule has 1 amide bonds. The average molecular weight is 266 g/mol. The molecule has 1 unspecified atom stereocenters. The van der Waals surface area contributed by atoms with Crippen molar-refractivity contribution in [3.8, 4) is 0 Å². The third-order valence-electron chi connectivity index (χ3n) is 2.83. The zero-order valence-electron chi connectivity index (χ0n) is 11.5. The first-order chi connectivity index (χ1) is 9.19. The Morgan fingerprint density at radius 2 is 1.89 bits per heavy atom. The third-order valence-corrected chi connectivity index (χ3v) is 2.83. The second-order valence-electron chi connectivity index (χ2n) is 4.32. The predicted molar refractivity (Wildman–Crippen MR) is 73.5 cm³/mol. The molecule has 0 radical (unpaired) electrons. The number of benzene rings is 1. The van der Waals surface area contributed by atoms with Crippen LogP contribution in [0, 0.1) is 0 Å². The summed E-state index contributed by atoms with van der Waals surface area (Å²) in [5.74, 6) is -0.0572. The third kappa shape index (κ3) is 5.83. The minimum atomic E-state index is -0.218. The van der Waals surface area contributed by atoms with Crippen LogP contribution < -0.4 is 11.1 Å². The second kappa shape index (κ2) is 8.63. The van der Waals surface area contributed by atoms with Gasteiger partial charge in [0.2, 0.25) is 5.91 Å². The monoisotopic (exact) mass is 266 g/mol. The maximum absolute atomic E-state index is 11.6. The van der Waals surface area contributed by atoms with Gasteiger partial charge < -0.3 is 20.5 Å². The van der Waals surface area contributed by atoms with Crippen LogP contribution in [0.1, 0.15) is 17.5 Å². The Morgan fingerprint density at radius 1 is 1.26 bits per heavy atom. The molecule has 0 aliphatic carbocycles. The Bertz CT molecular complexity index is 375. The molecule has 5 nitrogen and oxygen atoms in total. The van der Waals surface area contributed by atoms with Crippen molar-refractivity contribution in [3.05, 3.63) is 35.4 Å². The van der Waals surface area contributed by atoms with Gasteiger partial charge in [-0.05, 0) is 11.1 Å². The topological polar surface area (TPSA) is 73.6 Å². The van der Waals surface area contributed by atoms with E-state index in [9.17, 15) is 4.79 Å². The van der Waals surface area contributed by atoms with Crippen LogP contribution in [0.5, 0.6) is 0 Å². The molecule has 0 aliphatic heterocycles. The Hall–Kier alpha value is -1.43. The summed E-state index contributed by atoms with van der Waals surface area (Å²) in [5, 5.41) is 2.84. The first kappa shape index (κ1) is 15.6. The summed E-state index contributed by atoms with van der Waals surface area (Å²) in [6, 6.07) is 7.93. The number of hydrogen-bond donors (Lipinski definition) is 2. The van der Waals surface area contributed by atoms with Crippen LogP contribution in [-0.4, -0.2) is 32.8 Å². The van der Waals surface area contributed by atoms with E-state index in [1.807, 2.05) is 24.3 Å². The molecule has 3 N–H and O–H groups in total. The Balaban J connectivity index is 2.37. The Morgan fingerprint density at radius 3 is 2.42 bits per heavy atom. The van der Waals surface area contributed by atoms with Crippen molar-refractivity contribution in [2.45, 2.75) is 25.7 Å². The van der Waals surface area contributed by atoms with Crippen molar-refractivity contribution in [1.82, 2.24) is 5.32 Å². The summed E-state index contributed by atoms with van der Waals surface area (Å²) in [6.45, 7) is 1.45. The van der Waals surface area contributed by atoms with E-state index in [-0.39, 0.29) is 18.4 Å². The molecule has 0 saturated heterocycles. The summed E-state index contributed by atoms with van der Waals surface area (Å²) in [6.07, 6.45) is 0.0680. The molecule has 1 atom stereocenters. The molecule has 19 heavy (non-hydrogen) atoms. The molecule has 106 valence electrons. The SMILES string of the molecule is COCc1ccc(CNC(=O)CC(CN)OC)cc1. The normalized spacial score (nSPS) is 12.2. The van der Waals surface area contributed by atoms with Crippen molar-refractivity contribution >= 4 is 5.91 Å². The summed E-state index contributed by atoms with van der Waals surface area (Å²) >= 11 is 0. The zero-order valence-corrected chi connectivity index (χ0v) is 11.5. The van der Waals surface area contributed by atoms with Gasteiger partial charge in [0, 0.05) is 27.3 Å². The molecular formula is C14H22N2O3. The molecule has 0 aromatic heterocycles. The standard InChI is InChI=1S/C14H22N2O3/c1-18-10-12-5-3-11(4-6-12)9-16-14(17)7-13(8-15)19-2/h3-6,13H,7-10,15H2,1-2H3,(H,16,17). The van der Waals surface area contributed by atoms with E-state index in [0.29, 0.717) is 19.7 Å². The Labute approximate surface area is 114 Å². The highest BCUT2D eigenvalue weighted by Crippen LogP contribution is 2.05. The fraction of sp³-hybridized carbons (Fsp3) is 0.500. The summed E-state index contributed by atoms with van der Waals surface area (Å²) in [4.78, 5) is 11.6. The van der Waals surface area contributed by atoms with Gasteiger partial charge >= 0.3 is 0 Å². The van der Waals surface area contributed by atoms with Crippen LogP contribution in [0.15, 0.2) is 24.3 Å². The maximum atomic E-state index is 11.6. The Kier molecular flexibility index (Phi) is 7.10. The number of nitrogens with one attached hydrogen (secondary N) is 1. The number of hydrogen-bond acceptors (Lipinski definition) is 4. The van der Waals surface area contributed by atoms with Crippen molar-refractivity contribution < 1.29 is 14.3 Å². The minimum absolute atomic E-state index is 0.0572. The first-order valence-electron chi connectivity index (χ1n) is 6.26.